The van der Waals surface area contributed by atoms with Gasteiger partial charge in [0.15, 0.2) is 6.10 Å². The van der Waals surface area contributed by atoms with E-state index in [1.54, 1.807) is 36.4 Å². The second-order valence-corrected chi connectivity index (χ2v) is 9.20. The summed E-state index contributed by atoms with van der Waals surface area (Å²) in [6, 6.07) is 20.4. The molecule has 3 heterocycles. The molecule has 2 fully saturated rings. The number of fused-ring (bicyclic) bond motifs is 1. The lowest BCUT2D eigenvalue weighted by Gasteiger charge is -2.27. The average molecular weight is 534 g/mol. The maximum atomic E-state index is 13.7. The number of carbonyl (C=O) groups is 2. The largest absolute Gasteiger partial charge is 0.458 e. The molecule has 1 aromatic heterocycles. The normalized spacial score (nSPS) is 20.7. The van der Waals surface area contributed by atoms with Crippen LogP contribution in [-0.2, 0) is 14.4 Å². The number of rotatable bonds is 5. The predicted molar refractivity (Wildman–Crippen MR) is 135 cm³/mol. The summed E-state index contributed by atoms with van der Waals surface area (Å²) in [6.45, 7) is 0. The molecule has 0 radical (unpaired) electrons. The number of anilines is 2. The number of hydrogen-bond acceptors (Lipinski definition) is 7. The molecule has 0 saturated carbocycles. The summed E-state index contributed by atoms with van der Waals surface area (Å²) in [4.78, 5) is 45.1. The minimum absolute atomic E-state index is 0.187. The molecule has 0 spiro atoms. The first-order valence-corrected chi connectivity index (χ1v) is 11.9. The van der Waals surface area contributed by atoms with Gasteiger partial charge in [0.25, 0.3) is 11.6 Å². The van der Waals surface area contributed by atoms with Gasteiger partial charge in [-0.15, -0.1) is 0 Å². The summed E-state index contributed by atoms with van der Waals surface area (Å²) in [5.74, 6) is -2.17. The first kappa shape index (κ1) is 23.8. The molecule has 0 unspecified atom stereocenters. The van der Waals surface area contributed by atoms with E-state index in [4.69, 9.17) is 20.9 Å². The van der Waals surface area contributed by atoms with E-state index >= 15 is 0 Å². The van der Waals surface area contributed by atoms with E-state index in [1.165, 1.54) is 35.4 Å². The van der Waals surface area contributed by atoms with Gasteiger partial charge >= 0.3 is 0 Å². The van der Waals surface area contributed by atoms with Crippen LogP contribution in [0, 0.1) is 21.8 Å². The summed E-state index contributed by atoms with van der Waals surface area (Å²) in [7, 11) is 0. The Morgan fingerprint density at radius 3 is 2.34 bits per heavy atom. The van der Waals surface area contributed by atoms with E-state index in [0.29, 0.717) is 5.69 Å². The zero-order valence-electron chi connectivity index (χ0n) is 19.4. The van der Waals surface area contributed by atoms with Crippen molar-refractivity contribution < 1.29 is 28.2 Å². The SMILES string of the molecule is O=C1[C@H]2[C@@H](ON(c3ccccc3)[C@H]2c2ccc(-c3ccc(Cl)cc3[N+](=O)[O-])o2)C(=O)N1c1ccc(F)cc1. The first-order valence-electron chi connectivity index (χ1n) is 11.5. The van der Waals surface area contributed by atoms with Gasteiger partial charge in [0, 0.05) is 11.1 Å². The van der Waals surface area contributed by atoms with Crippen LogP contribution in [0.15, 0.2) is 89.3 Å². The fourth-order valence-corrected chi connectivity index (χ4v) is 5.03. The van der Waals surface area contributed by atoms with Crippen molar-refractivity contribution in [1.82, 2.24) is 0 Å². The Kier molecular flexibility index (Phi) is 5.70. The van der Waals surface area contributed by atoms with Gasteiger partial charge in [-0.1, -0.05) is 29.8 Å². The Morgan fingerprint density at radius 1 is 0.895 bits per heavy atom. The Bertz CT molecular complexity index is 1580. The van der Waals surface area contributed by atoms with Crippen LogP contribution in [0.4, 0.5) is 21.5 Å². The van der Waals surface area contributed by atoms with Crippen LogP contribution in [0.1, 0.15) is 11.8 Å². The van der Waals surface area contributed by atoms with Crippen molar-refractivity contribution >= 4 is 40.5 Å². The van der Waals surface area contributed by atoms with Crippen molar-refractivity contribution in [2.75, 3.05) is 9.96 Å². The van der Waals surface area contributed by atoms with Gasteiger partial charge in [-0.3, -0.25) is 24.5 Å². The Labute approximate surface area is 219 Å². The van der Waals surface area contributed by atoms with Crippen LogP contribution >= 0.6 is 11.6 Å². The molecule has 2 aliphatic rings. The van der Waals surface area contributed by atoms with Crippen LogP contribution in [0.5, 0.6) is 0 Å². The standard InChI is InChI=1S/C27H17ClFN3O6/c28-15-6-11-19(20(14-15)32(35)36)21-12-13-22(37-21)24-23-25(38-31(24)18-4-2-1-3-5-18)27(34)30(26(23)33)17-9-7-16(29)8-10-17/h1-14,23-25H/t23-,24+,25-/m1/s1. The van der Waals surface area contributed by atoms with Gasteiger partial charge in [0.1, 0.15) is 29.3 Å². The number of para-hydroxylation sites is 1. The molecule has 190 valence electrons. The average Bonchev–Trinajstić information content (AvgIpc) is 3.60. The topological polar surface area (TPSA) is 106 Å². The highest BCUT2D eigenvalue weighted by atomic mass is 35.5. The van der Waals surface area contributed by atoms with Gasteiger partial charge in [0.05, 0.1) is 21.9 Å². The molecule has 6 rings (SSSR count). The second kappa shape index (κ2) is 9.09. The highest BCUT2D eigenvalue weighted by molar-refractivity contribution is 6.31. The van der Waals surface area contributed by atoms with E-state index in [9.17, 15) is 24.1 Å². The smallest absolute Gasteiger partial charge is 0.281 e. The number of hydroxylamine groups is 1. The van der Waals surface area contributed by atoms with E-state index < -0.39 is 40.6 Å². The number of carbonyl (C=O) groups excluding carboxylic acids is 2. The number of nitro benzene ring substituents is 1. The molecule has 11 heteroatoms. The van der Waals surface area contributed by atoms with E-state index in [2.05, 4.69) is 0 Å². The van der Waals surface area contributed by atoms with Gasteiger partial charge in [-0.05, 0) is 60.7 Å². The third kappa shape index (κ3) is 3.82. The van der Waals surface area contributed by atoms with Crippen LogP contribution in [0.25, 0.3) is 11.3 Å². The molecular formula is C27H17ClFN3O6. The molecule has 3 atom stereocenters. The van der Waals surface area contributed by atoms with Crippen molar-refractivity contribution in [3.05, 3.63) is 112 Å². The number of hydrogen-bond donors (Lipinski definition) is 0. The number of furan rings is 1. The van der Waals surface area contributed by atoms with Crippen LogP contribution in [-0.4, -0.2) is 22.8 Å². The zero-order chi connectivity index (χ0) is 26.6. The lowest BCUT2D eigenvalue weighted by Crippen LogP contribution is -2.37. The summed E-state index contributed by atoms with van der Waals surface area (Å²) < 4.78 is 19.6. The fourth-order valence-electron chi connectivity index (χ4n) is 4.87. The number of imide groups is 1. The van der Waals surface area contributed by atoms with Crippen molar-refractivity contribution in [3.63, 3.8) is 0 Å². The van der Waals surface area contributed by atoms with Crippen molar-refractivity contribution in [2.24, 2.45) is 5.92 Å². The monoisotopic (exact) mass is 533 g/mol. The molecule has 2 aliphatic heterocycles. The van der Waals surface area contributed by atoms with Crippen LogP contribution in [0.2, 0.25) is 5.02 Å². The molecule has 2 amide bonds. The molecule has 9 nitrogen and oxygen atoms in total. The Hall–Kier alpha value is -4.54. The van der Waals surface area contributed by atoms with Crippen LogP contribution < -0.4 is 9.96 Å². The summed E-state index contributed by atoms with van der Waals surface area (Å²) in [6.07, 6.45) is -1.16. The molecule has 0 bridgehead atoms. The fraction of sp³-hybridized carbons (Fsp3) is 0.111. The summed E-state index contributed by atoms with van der Waals surface area (Å²) >= 11 is 5.95. The van der Waals surface area contributed by atoms with E-state index in [-0.39, 0.29) is 33.5 Å². The molecular weight excluding hydrogens is 517 g/mol. The number of nitrogens with zero attached hydrogens (tertiary/aromatic N) is 3. The lowest BCUT2D eigenvalue weighted by atomic mass is 9.94. The zero-order valence-corrected chi connectivity index (χ0v) is 20.1. The minimum atomic E-state index is -1.16. The van der Waals surface area contributed by atoms with Gasteiger partial charge in [0.2, 0.25) is 5.91 Å². The van der Waals surface area contributed by atoms with Crippen LogP contribution in [0.3, 0.4) is 0 Å². The van der Waals surface area contributed by atoms with Gasteiger partial charge in [-0.2, -0.15) is 0 Å². The highest BCUT2D eigenvalue weighted by Gasteiger charge is 2.61. The Morgan fingerprint density at radius 2 is 1.63 bits per heavy atom. The van der Waals surface area contributed by atoms with Crippen molar-refractivity contribution in [2.45, 2.75) is 12.1 Å². The number of nitro groups is 1. The van der Waals surface area contributed by atoms with E-state index in [1.807, 2.05) is 6.07 Å². The Balaban J connectivity index is 1.43. The third-order valence-electron chi connectivity index (χ3n) is 6.55. The number of halogens is 2. The molecule has 38 heavy (non-hydrogen) atoms. The molecule has 0 N–H and O–H groups in total. The minimum Gasteiger partial charge on any atom is -0.458 e. The molecule has 0 aliphatic carbocycles. The molecule has 3 aromatic carbocycles. The third-order valence-corrected chi connectivity index (χ3v) is 6.79. The molecule has 2 saturated heterocycles. The van der Waals surface area contributed by atoms with Gasteiger partial charge < -0.3 is 4.42 Å². The molecule has 4 aromatic rings. The summed E-state index contributed by atoms with van der Waals surface area (Å²) in [5.41, 5.74) is 0.764. The highest BCUT2D eigenvalue weighted by Crippen LogP contribution is 2.48. The van der Waals surface area contributed by atoms with Crippen molar-refractivity contribution in [3.8, 4) is 11.3 Å². The van der Waals surface area contributed by atoms with Gasteiger partial charge in [-0.25, -0.2) is 14.4 Å². The van der Waals surface area contributed by atoms with Crippen molar-refractivity contribution in [1.29, 1.82) is 0 Å². The second-order valence-electron chi connectivity index (χ2n) is 8.77. The maximum Gasteiger partial charge on any atom is 0.281 e. The predicted octanol–water partition coefficient (Wildman–Crippen LogP) is 5.70. The number of amides is 2. The lowest BCUT2D eigenvalue weighted by molar-refractivity contribution is -0.384. The quantitative estimate of drug-likeness (QED) is 0.184. The first-order chi connectivity index (χ1) is 18.3. The summed E-state index contributed by atoms with van der Waals surface area (Å²) in [5, 5.41) is 13.3. The maximum absolute atomic E-state index is 13.7. The number of benzene rings is 3. The van der Waals surface area contributed by atoms with E-state index in [0.717, 1.165) is 17.0 Å².